The molecule has 0 spiro atoms. The average Bonchev–Trinajstić information content (AvgIpc) is 2.29. The van der Waals surface area contributed by atoms with Crippen molar-refractivity contribution in [1.82, 2.24) is 0 Å². The highest BCUT2D eigenvalue weighted by Gasteiger charge is 2.04. The van der Waals surface area contributed by atoms with Crippen LogP contribution in [0.2, 0.25) is 0 Å². The number of benzene rings is 1. The van der Waals surface area contributed by atoms with E-state index < -0.39 is 0 Å². The molecule has 15 heavy (non-hydrogen) atoms. The van der Waals surface area contributed by atoms with Crippen LogP contribution in [-0.2, 0) is 0 Å². The van der Waals surface area contributed by atoms with E-state index in [0.717, 1.165) is 12.0 Å². The van der Waals surface area contributed by atoms with E-state index in [-0.39, 0.29) is 5.75 Å². The molecule has 76 valence electrons. The van der Waals surface area contributed by atoms with Crippen LogP contribution < -0.4 is 0 Å². The van der Waals surface area contributed by atoms with E-state index in [1.807, 2.05) is 12.1 Å². The van der Waals surface area contributed by atoms with Crippen molar-refractivity contribution in [2.24, 2.45) is 5.92 Å². The summed E-state index contributed by atoms with van der Waals surface area (Å²) in [7, 11) is 0. The topological polar surface area (TPSA) is 20.2 Å². The molecule has 1 aromatic rings. The third-order valence-electron chi connectivity index (χ3n) is 2.55. The number of allylic oxidation sites excluding steroid dienone is 2. The monoisotopic (exact) mass is 198 g/mol. The Kier molecular flexibility index (Phi) is 3.09. The van der Waals surface area contributed by atoms with Gasteiger partial charge >= 0.3 is 0 Å². The van der Waals surface area contributed by atoms with Gasteiger partial charge in [0, 0.05) is 5.92 Å². The largest absolute Gasteiger partial charge is 0.507 e. The minimum Gasteiger partial charge on any atom is -0.507 e. The van der Waals surface area contributed by atoms with Gasteiger partial charge in [-0.2, -0.15) is 0 Å². The number of hydrogen-bond donors (Lipinski definition) is 1. The van der Waals surface area contributed by atoms with Gasteiger partial charge < -0.3 is 5.11 Å². The Labute approximate surface area is 90.4 Å². The molecule has 0 heterocycles. The molecule has 0 unspecified atom stereocenters. The zero-order chi connectivity index (χ0) is 10.5. The Morgan fingerprint density at radius 1 is 1.27 bits per heavy atom. The highest BCUT2D eigenvalue weighted by molar-refractivity contribution is 5.45. The molecule has 1 atom stereocenters. The predicted molar refractivity (Wildman–Crippen MR) is 61.5 cm³/mol. The van der Waals surface area contributed by atoms with E-state index in [0.29, 0.717) is 5.92 Å². The second kappa shape index (κ2) is 4.70. The number of phenols is 1. The van der Waals surface area contributed by atoms with Crippen LogP contribution in [-0.4, -0.2) is 5.11 Å². The van der Waals surface area contributed by atoms with Crippen molar-refractivity contribution >= 4 is 0 Å². The maximum Gasteiger partial charge on any atom is 0.131 e. The Morgan fingerprint density at radius 3 is 2.87 bits per heavy atom. The zero-order valence-electron chi connectivity index (χ0n) is 8.61. The third-order valence-corrected chi connectivity index (χ3v) is 2.55. The van der Waals surface area contributed by atoms with Gasteiger partial charge in [0.2, 0.25) is 0 Å². The number of phenolic OH excluding ortho intramolecular Hbond substituents is 1. The number of para-hydroxylation sites is 1. The molecular weight excluding hydrogens is 184 g/mol. The molecule has 1 aromatic carbocycles. The van der Waals surface area contributed by atoms with Crippen LogP contribution in [0, 0.1) is 17.8 Å². The molecule has 2 rings (SSSR count). The van der Waals surface area contributed by atoms with Gasteiger partial charge in [-0.25, -0.2) is 0 Å². The zero-order valence-corrected chi connectivity index (χ0v) is 8.61. The quantitative estimate of drug-likeness (QED) is 0.501. The van der Waals surface area contributed by atoms with Crippen LogP contribution in [0.1, 0.15) is 24.8 Å². The minimum atomic E-state index is 0.268. The van der Waals surface area contributed by atoms with Gasteiger partial charge in [0.1, 0.15) is 5.75 Å². The first-order chi connectivity index (χ1) is 7.36. The molecule has 1 nitrogen and oxygen atoms in total. The summed E-state index contributed by atoms with van der Waals surface area (Å²) in [5.74, 6) is 6.84. The average molecular weight is 198 g/mol. The highest BCUT2D eigenvalue weighted by atomic mass is 16.3. The van der Waals surface area contributed by atoms with Crippen LogP contribution in [0.15, 0.2) is 36.4 Å². The summed E-state index contributed by atoms with van der Waals surface area (Å²) in [4.78, 5) is 0. The van der Waals surface area contributed by atoms with Crippen molar-refractivity contribution in [3.63, 3.8) is 0 Å². The van der Waals surface area contributed by atoms with Gasteiger partial charge in [-0.1, -0.05) is 36.1 Å². The predicted octanol–water partition coefficient (Wildman–Crippen LogP) is 3.10. The fraction of sp³-hybridized carbons (Fsp3) is 0.286. The van der Waals surface area contributed by atoms with Crippen molar-refractivity contribution in [2.45, 2.75) is 19.3 Å². The fourth-order valence-electron chi connectivity index (χ4n) is 1.68. The Hall–Kier alpha value is -1.68. The summed E-state index contributed by atoms with van der Waals surface area (Å²) in [6.07, 6.45) is 7.88. The van der Waals surface area contributed by atoms with Crippen LogP contribution in [0.5, 0.6) is 5.75 Å². The van der Waals surface area contributed by atoms with Crippen molar-refractivity contribution in [2.75, 3.05) is 0 Å². The molecule has 0 bridgehead atoms. The molecule has 0 saturated carbocycles. The van der Waals surface area contributed by atoms with Crippen LogP contribution in [0.25, 0.3) is 0 Å². The summed E-state index contributed by atoms with van der Waals surface area (Å²) in [5.41, 5.74) is 0.719. The molecule has 0 aliphatic heterocycles. The van der Waals surface area contributed by atoms with E-state index >= 15 is 0 Å². The summed E-state index contributed by atoms with van der Waals surface area (Å²) in [5, 5.41) is 9.52. The molecule has 0 aromatic heterocycles. The van der Waals surface area contributed by atoms with Gasteiger partial charge in [-0.3, -0.25) is 0 Å². The van der Waals surface area contributed by atoms with Crippen molar-refractivity contribution in [3.8, 4) is 17.6 Å². The minimum absolute atomic E-state index is 0.268. The molecule has 1 heteroatoms. The summed E-state index contributed by atoms with van der Waals surface area (Å²) in [6.45, 7) is 0. The molecule has 1 N–H and O–H groups in total. The summed E-state index contributed by atoms with van der Waals surface area (Å²) < 4.78 is 0. The lowest BCUT2D eigenvalue weighted by Gasteiger charge is -2.08. The smallest absolute Gasteiger partial charge is 0.131 e. The first kappa shape index (κ1) is 9.86. The maximum absolute atomic E-state index is 9.52. The molecule has 0 amide bonds. The molecular formula is C14H14O. The normalized spacial score (nSPS) is 19.3. The van der Waals surface area contributed by atoms with Gasteiger partial charge in [-0.05, 0) is 31.4 Å². The Morgan fingerprint density at radius 2 is 2.13 bits per heavy atom. The number of rotatable bonds is 0. The maximum atomic E-state index is 9.52. The Balaban J connectivity index is 2.14. The van der Waals surface area contributed by atoms with Crippen LogP contribution in [0.3, 0.4) is 0 Å². The van der Waals surface area contributed by atoms with Gasteiger partial charge in [0.15, 0.2) is 0 Å². The van der Waals surface area contributed by atoms with E-state index in [1.165, 1.54) is 12.8 Å². The summed E-state index contributed by atoms with van der Waals surface area (Å²) in [6, 6.07) is 7.21. The standard InChI is InChI=1S/C14H14O/c15-14-9-5-4-8-13(14)11-10-12-6-2-1-3-7-12/h2,4-6,8-9,12,15H,1,3,7H2/t12-/m1/s1. The van der Waals surface area contributed by atoms with Crippen molar-refractivity contribution in [3.05, 3.63) is 42.0 Å². The lowest BCUT2D eigenvalue weighted by Crippen LogP contribution is -1.96. The van der Waals surface area contributed by atoms with E-state index in [9.17, 15) is 5.11 Å². The molecule has 0 radical (unpaired) electrons. The fourth-order valence-corrected chi connectivity index (χ4v) is 1.68. The van der Waals surface area contributed by atoms with Gasteiger partial charge in [-0.15, -0.1) is 0 Å². The van der Waals surface area contributed by atoms with E-state index in [1.54, 1.807) is 12.1 Å². The molecule has 0 fully saturated rings. The Bertz CT molecular complexity index is 420. The van der Waals surface area contributed by atoms with Crippen molar-refractivity contribution in [1.29, 1.82) is 0 Å². The number of aromatic hydroxyl groups is 1. The SMILES string of the molecule is Oc1ccccc1C#C[C@@H]1C=CCCC1. The summed E-state index contributed by atoms with van der Waals surface area (Å²) >= 11 is 0. The highest BCUT2D eigenvalue weighted by Crippen LogP contribution is 2.17. The molecule has 0 saturated heterocycles. The molecule has 1 aliphatic carbocycles. The third kappa shape index (κ3) is 2.63. The van der Waals surface area contributed by atoms with Gasteiger partial charge in [0.25, 0.3) is 0 Å². The van der Waals surface area contributed by atoms with Crippen LogP contribution in [0.4, 0.5) is 0 Å². The van der Waals surface area contributed by atoms with E-state index in [2.05, 4.69) is 24.0 Å². The first-order valence-electron chi connectivity index (χ1n) is 5.32. The lowest BCUT2D eigenvalue weighted by atomic mass is 9.96. The van der Waals surface area contributed by atoms with Gasteiger partial charge in [0.05, 0.1) is 5.56 Å². The second-order valence-corrected chi connectivity index (χ2v) is 3.75. The lowest BCUT2D eigenvalue weighted by molar-refractivity contribution is 0.473. The first-order valence-corrected chi connectivity index (χ1v) is 5.32. The van der Waals surface area contributed by atoms with Crippen LogP contribution >= 0.6 is 0 Å². The van der Waals surface area contributed by atoms with Crippen molar-refractivity contribution < 1.29 is 5.11 Å². The number of hydrogen-bond acceptors (Lipinski definition) is 1. The van der Waals surface area contributed by atoms with E-state index in [4.69, 9.17) is 0 Å². The molecule has 1 aliphatic rings. The second-order valence-electron chi connectivity index (χ2n) is 3.75.